The standard InChI is InChI=1S/C20H25N3O3/c1-16(24)23(13-11-17-7-6-10-19(15-17)26-2)14-12-21-20(25)22-18-8-4-3-5-9-18/h3-10,15H,11-14H2,1-2H3,(H2,21,22,25). The largest absolute Gasteiger partial charge is 0.497 e. The molecule has 0 saturated heterocycles. The molecule has 0 saturated carbocycles. The minimum atomic E-state index is -0.285. The molecule has 26 heavy (non-hydrogen) atoms. The maximum atomic E-state index is 11.9. The monoisotopic (exact) mass is 355 g/mol. The van der Waals surface area contributed by atoms with Crippen LogP contribution in [-0.4, -0.2) is 43.6 Å². The number of carbonyl (C=O) groups excluding carboxylic acids is 2. The molecule has 6 nitrogen and oxygen atoms in total. The van der Waals surface area contributed by atoms with Crippen molar-refractivity contribution >= 4 is 17.6 Å². The highest BCUT2D eigenvalue weighted by Gasteiger charge is 2.10. The minimum Gasteiger partial charge on any atom is -0.497 e. The molecule has 0 aliphatic heterocycles. The second kappa shape index (κ2) is 10.1. The van der Waals surface area contributed by atoms with E-state index < -0.39 is 0 Å². The van der Waals surface area contributed by atoms with Gasteiger partial charge in [0.25, 0.3) is 0 Å². The zero-order chi connectivity index (χ0) is 18.8. The fourth-order valence-electron chi connectivity index (χ4n) is 2.52. The molecular weight excluding hydrogens is 330 g/mol. The minimum absolute atomic E-state index is 0.0156. The lowest BCUT2D eigenvalue weighted by atomic mass is 10.1. The number of rotatable bonds is 8. The predicted molar refractivity (Wildman–Crippen MR) is 102 cm³/mol. The quantitative estimate of drug-likeness (QED) is 0.765. The number of amides is 3. The maximum Gasteiger partial charge on any atom is 0.319 e. The van der Waals surface area contributed by atoms with Crippen molar-refractivity contribution in [3.63, 3.8) is 0 Å². The van der Waals surface area contributed by atoms with Crippen LogP contribution in [0.5, 0.6) is 5.75 Å². The van der Waals surface area contributed by atoms with Crippen LogP contribution in [0.3, 0.4) is 0 Å². The van der Waals surface area contributed by atoms with Crippen molar-refractivity contribution in [2.24, 2.45) is 0 Å². The van der Waals surface area contributed by atoms with Gasteiger partial charge in [-0.05, 0) is 36.2 Å². The number of urea groups is 1. The summed E-state index contributed by atoms with van der Waals surface area (Å²) < 4.78 is 5.21. The summed E-state index contributed by atoms with van der Waals surface area (Å²) in [6.07, 6.45) is 0.729. The third-order valence-corrected chi connectivity index (χ3v) is 3.95. The molecule has 2 N–H and O–H groups in total. The highest BCUT2D eigenvalue weighted by molar-refractivity contribution is 5.89. The molecule has 3 amide bonds. The second-order valence-corrected chi connectivity index (χ2v) is 5.85. The van der Waals surface area contributed by atoms with Crippen LogP contribution in [0.15, 0.2) is 54.6 Å². The number of anilines is 1. The Morgan fingerprint density at radius 2 is 1.81 bits per heavy atom. The number of para-hydroxylation sites is 1. The van der Waals surface area contributed by atoms with Crippen LogP contribution in [0.25, 0.3) is 0 Å². The lowest BCUT2D eigenvalue weighted by Crippen LogP contribution is -2.39. The van der Waals surface area contributed by atoms with E-state index in [1.54, 1.807) is 12.0 Å². The van der Waals surface area contributed by atoms with Gasteiger partial charge in [-0.25, -0.2) is 4.79 Å². The van der Waals surface area contributed by atoms with Crippen molar-refractivity contribution < 1.29 is 14.3 Å². The van der Waals surface area contributed by atoms with Crippen LogP contribution >= 0.6 is 0 Å². The van der Waals surface area contributed by atoms with E-state index in [1.165, 1.54) is 6.92 Å². The molecule has 0 aromatic heterocycles. The lowest BCUT2D eigenvalue weighted by molar-refractivity contribution is -0.128. The van der Waals surface area contributed by atoms with Crippen molar-refractivity contribution in [3.8, 4) is 5.75 Å². The van der Waals surface area contributed by atoms with Crippen LogP contribution < -0.4 is 15.4 Å². The number of nitrogens with one attached hydrogen (secondary N) is 2. The molecule has 0 radical (unpaired) electrons. The smallest absolute Gasteiger partial charge is 0.319 e. The fourth-order valence-corrected chi connectivity index (χ4v) is 2.52. The molecule has 0 fully saturated rings. The Morgan fingerprint density at radius 1 is 1.04 bits per heavy atom. The Balaban J connectivity index is 1.77. The van der Waals surface area contributed by atoms with Crippen LogP contribution in [0.2, 0.25) is 0 Å². The van der Waals surface area contributed by atoms with Crippen molar-refractivity contribution in [2.45, 2.75) is 13.3 Å². The molecule has 0 heterocycles. The van der Waals surface area contributed by atoms with E-state index >= 15 is 0 Å². The van der Waals surface area contributed by atoms with Crippen LogP contribution in [0.4, 0.5) is 10.5 Å². The Hall–Kier alpha value is -3.02. The molecular formula is C20H25N3O3. The van der Waals surface area contributed by atoms with E-state index in [0.717, 1.165) is 23.4 Å². The summed E-state index contributed by atoms with van der Waals surface area (Å²) in [6.45, 7) is 2.97. The number of hydrogen-bond acceptors (Lipinski definition) is 3. The summed E-state index contributed by atoms with van der Waals surface area (Å²) in [4.78, 5) is 25.4. The van der Waals surface area contributed by atoms with Crippen molar-refractivity contribution in [1.82, 2.24) is 10.2 Å². The van der Waals surface area contributed by atoms with Crippen LogP contribution in [0, 0.1) is 0 Å². The number of methoxy groups -OCH3 is 1. The first kappa shape index (κ1) is 19.3. The summed E-state index contributed by atoms with van der Waals surface area (Å²) in [7, 11) is 1.63. The van der Waals surface area contributed by atoms with Gasteiger partial charge in [-0.1, -0.05) is 30.3 Å². The zero-order valence-electron chi connectivity index (χ0n) is 15.2. The average molecular weight is 355 g/mol. The molecule has 2 aromatic rings. The summed E-state index contributed by atoms with van der Waals surface area (Å²) in [5.41, 5.74) is 1.83. The van der Waals surface area contributed by atoms with E-state index in [2.05, 4.69) is 10.6 Å². The van der Waals surface area contributed by atoms with Gasteiger partial charge in [0.2, 0.25) is 5.91 Å². The molecule has 2 aromatic carbocycles. The first-order chi connectivity index (χ1) is 12.6. The Labute approximate surface area is 154 Å². The van der Waals surface area contributed by atoms with Gasteiger partial charge in [0.05, 0.1) is 7.11 Å². The van der Waals surface area contributed by atoms with Gasteiger partial charge in [0.15, 0.2) is 0 Å². The summed E-state index contributed by atoms with van der Waals surface area (Å²) >= 11 is 0. The Morgan fingerprint density at radius 3 is 2.50 bits per heavy atom. The number of nitrogens with zero attached hydrogens (tertiary/aromatic N) is 1. The first-order valence-electron chi connectivity index (χ1n) is 8.57. The Kier molecular flexibility index (Phi) is 7.49. The topological polar surface area (TPSA) is 70.7 Å². The third-order valence-electron chi connectivity index (χ3n) is 3.95. The molecule has 6 heteroatoms. The summed E-state index contributed by atoms with van der Waals surface area (Å²) in [6, 6.07) is 16.7. The molecule has 0 aliphatic rings. The van der Waals surface area contributed by atoms with E-state index in [-0.39, 0.29) is 11.9 Å². The normalized spacial score (nSPS) is 10.1. The third kappa shape index (κ3) is 6.47. The maximum absolute atomic E-state index is 11.9. The van der Waals surface area contributed by atoms with Crippen LogP contribution in [-0.2, 0) is 11.2 Å². The number of benzene rings is 2. The molecule has 0 spiro atoms. The molecule has 0 unspecified atom stereocenters. The summed E-state index contributed by atoms with van der Waals surface area (Å²) in [5.74, 6) is 0.786. The van der Waals surface area contributed by atoms with Gasteiger partial charge in [-0.2, -0.15) is 0 Å². The van der Waals surface area contributed by atoms with Crippen molar-refractivity contribution in [3.05, 3.63) is 60.2 Å². The zero-order valence-corrected chi connectivity index (χ0v) is 15.2. The van der Waals surface area contributed by atoms with Gasteiger partial charge in [0, 0.05) is 32.2 Å². The van der Waals surface area contributed by atoms with Gasteiger partial charge in [-0.3, -0.25) is 4.79 Å². The Bertz CT molecular complexity index is 719. The number of carbonyl (C=O) groups is 2. The highest BCUT2D eigenvalue weighted by Crippen LogP contribution is 2.13. The van der Waals surface area contributed by atoms with E-state index in [0.29, 0.717) is 19.6 Å². The molecule has 2 rings (SSSR count). The lowest BCUT2D eigenvalue weighted by Gasteiger charge is -2.21. The fraction of sp³-hybridized carbons (Fsp3) is 0.300. The van der Waals surface area contributed by atoms with Crippen molar-refractivity contribution in [1.29, 1.82) is 0 Å². The van der Waals surface area contributed by atoms with Crippen molar-refractivity contribution in [2.75, 3.05) is 32.1 Å². The summed E-state index contributed by atoms with van der Waals surface area (Å²) in [5, 5.41) is 5.52. The van der Waals surface area contributed by atoms with Gasteiger partial charge in [0.1, 0.15) is 5.75 Å². The average Bonchev–Trinajstić information content (AvgIpc) is 2.65. The molecule has 0 bridgehead atoms. The SMILES string of the molecule is COc1cccc(CCN(CCNC(=O)Nc2ccccc2)C(C)=O)c1. The number of hydrogen-bond donors (Lipinski definition) is 2. The van der Waals surface area contributed by atoms with Crippen LogP contribution in [0.1, 0.15) is 12.5 Å². The molecule has 0 atom stereocenters. The molecule has 0 aliphatic carbocycles. The van der Waals surface area contributed by atoms with E-state index in [9.17, 15) is 9.59 Å². The van der Waals surface area contributed by atoms with E-state index in [4.69, 9.17) is 4.74 Å². The second-order valence-electron chi connectivity index (χ2n) is 5.85. The first-order valence-corrected chi connectivity index (χ1v) is 8.57. The highest BCUT2D eigenvalue weighted by atomic mass is 16.5. The van der Waals surface area contributed by atoms with Gasteiger partial charge >= 0.3 is 6.03 Å². The van der Waals surface area contributed by atoms with Gasteiger partial charge in [-0.15, -0.1) is 0 Å². The molecule has 138 valence electrons. The van der Waals surface area contributed by atoms with Gasteiger partial charge < -0.3 is 20.3 Å². The van der Waals surface area contributed by atoms with E-state index in [1.807, 2.05) is 54.6 Å². The number of ether oxygens (including phenoxy) is 1. The predicted octanol–water partition coefficient (Wildman–Crippen LogP) is 2.91.